The van der Waals surface area contributed by atoms with Crippen LogP contribution < -0.4 is 10.1 Å². The second kappa shape index (κ2) is 7.00. The molecule has 4 nitrogen and oxygen atoms in total. The van der Waals surface area contributed by atoms with Gasteiger partial charge in [-0.05, 0) is 50.2 Å². The SMILES string of the molecule is CCN1CCCC1CNC(=O)c1ccc(OC(F)(F)F)cc1. The van der Waals surface area contributed by atoms with E-state index in [-0.39, 0.29) is 11.7 Å². The molecular formula is C15H19F3N2O2. The van der Waals surface area contributed by atoms with Gasteiger partial charge < -0.3 is 10.1 Å². The Bertz CT molecular complexity index is 503. The van der Waals surface area contributed by atoms with Gasteiger partial charge >= 0.3 is 6.36 Å². The molecule has 1 N–H and O–H groups in total. The van der Waals surface area contributed by atoms with Gasteiger partial charge in [0.1, 0.15) is 5.75 Å². The highest BCUT2D eigenvalue weighted by Crippen LogP contribution is 2.22. The molecular weight excluding hydrogens is 297 g/mol. The van der Waals surface area contributed by atoms with Crippen LogP contribution in [0.25, 0.3) is 0 Å². The summed E-state index contributed by atoms with van der Waals surface area (Å²) in [6.07, 6.45) is -2.56. The molecule has 0 bridgehead atoms. The van der Waals surface area contributed by atoms with Crippen LogP contribution in [0.5, 0.6) is 5.75 Å². The number of likely N-dealkylation sites (N-methyl/N-ethyl adjacent to an activating group) is 1. The van der Waals surface area contributed by atoms with Crippen LogP contribution in [0.4, 0.5) is 13.2 Å². The Balaban J connectivity index is 1.87. The standard InChI is InChI=1S/C15H19F3N2O2/c1-2-20-9-3-4-12(20)10-19-14(21)11-5-7-13(8-6-11)22-15(16,17)18/h5-8,12H,2-4,9-10H2,1H3,(H,19,21). The van der Waals surface area contributed by atoms with Crippen molar-refractivity contribution in [1.82, 2.24) is 10.2 Å². The molecule has 1 atom stereocenters. The number of nitrogens with one attached hydrogen (secondary N) is 1. The number of benzene rings is 1. The minimum absolute atomic E-state index is 0.290. The van der Waals surface area contributed by atoms with Crippen LogP contribution in [-0.2, 0) is 0 Å². The van der Waals surface area contributed by atoms with Gasteiger partial charge in [-0.2, -0.15) is 0 Å². The summed E-state index contributed by atoms with van der Waals surface area (Å²) in [6.45, 7) is 4.62. The molecule has 7 heteroatoms. The van der Waals surface area contributed by atoms with E-state index in [0.29, 0.717) is 18.2 Å². The van der Waals surface area contributed by atoms with E-state index in [2.05, 4.69) is 21.9 Å². The van der Waals surface area contributed by atoms with Crippen LogP contribution in [-0.4, -0.2) is 42.8 Å². The van der Waals surface area contributed by atoms with Gasteiger partial charge in [-0.1, -0.05) is 6.92 Å². The number of halogens is 3. The van der Waals surface area contributed by atoms with Gasteiger partial charge in [0, 0.05) is 18.2 Å². The number of amides is 1. The molecule has 122 valence electrons. The molecule has 1 aromatic carbocycles. The van der Waals surface area contributed by atoms with Crippen LogP contribution >= 0.6 is 0 Å². The van der Waals surface area contributed by atoms with E-state index in [9.17, 15) is 18.0 Å². The third-order valence-corrected chi connectivity index (χ3v) is 3.75. The zero-order valence-corrected chi connectivity index (χ0v) is 12.3. The highest BCUT2D eigenvalue weighted by Gasteiger charge is 2.31. The molecule has 0 saturated carbocycles. The Kier molecular flexibility index (Phi) is 5.28. The summed E-state index contributed by atoms with van der Waals surface area (Å²) in [5.41, 5.74) is 0.315. The molecule has 1 amide bonds. The highest BCUT2D eigenvalue weighted by atomic mass is 19.4. The maximum Gasteiger partial charge on any atom is 0.573 e. The van der Waals surface area contributed by atoms with Gasteiger partial charge in [0.05, 0.1) is 0 Å². The normalized spacial score (nSPS) is 19.2. The van der Waals surface area contributed by atoms with Gasteiger partial charge in [-0.25, -0.2) is 0 Å². The number of carbonyl (C=O) groups is 1. The van der Waals surface area contributed by atoms with E-state index in [1.807, 2.05) is 0 Å². The van der Waals surface area contributed by atoms with Crippen LogP contribution in [0.15, 0.2) is 24.3 Å². The van der Waals surface area contributed by atoms with Gasteiger partial charge in [0.15, 0.2) is 0 Å². The number of hydrogen-bond acceptors (Lipinski definition) is 3. The molecule has 0 spiro atoms. The predicted octanol–water partition coefficient (Wildman–Crippen LogP) is 2.80. The Morgan fingerprint density at radius 2 is 2.05 bits per heavy atom. The summed E-state index contributed by atoms with van der Waals surface area (Å²) in [5, 5.41) is 2.83. The third kappa shape index (κ3) is 4.62. The summed E-state index contributed by atoms with van der Waals surface area (Å²) < 4.78 is 39.9. The minimum Gasteiger partial charge on any atom is -0.406 e. The number of hydrogen-bond donors (Lipinski definition) is 1. The molecule has 0 aromatic heterocycles. The molecule has 0 radical (unpaired) electrons. The number of carbonyl (C=O) groups excluding carboxylic acids is 1. The van der Waals surface area contributed by atoms with Crippen LogP contribution in [0.1, 0.15) is 30.1 Å². The first-order valence-corrected chi connectivity index (χ1v) is 7.27. The van der Waals surface area contributed by atoms with Gasteiger partial charge in [0.2, 0.25) is 0 Å². The van der Waals surface area contributed by atoms with E-state index in [4.69, 9.17) is 0 Å². The Labute approximate surface area is 127 Å². The van der Waals surface area contributed by atoms with Gasteiger partial charge in [-0.3, -0.25) is 9.69 Å². The summed E-state index contributed by atoms with van der Waals surface area (Å²) in [5.74, 6) is -0.626. The maximum atomic E-state index is 12.1. The zero-order chi connectivity index (χ0) is 16.2. The summed E-state index contributed by atoms with van der Waals surface area (Å²) >= 11 is 0. The minimum atomic E-state index is -4.73. The van der Waals surface area contributed by atoms with Crippen molar-refractivity contribution in [2.45, 2.75) is 32.2 Å². The second-order valence-corrected chi connectivity index (χ2v) is 5.21. The molecule has 2 rings (SSSR count). The van der Waals surface area contributed by atoms with Crippen LogP contribution in [0.2, 0.25) is 0 Å². The van der Waals surface area contributed by atoms with E-state index in [1.54, 1.807) is 0 Å². The smallest absolute Gasteiger partial charge is 0.406 e. The lowest BCUT2D eigenvalue weighted by Gasteiger charge is -2.22. The molecule has 1 saturated heterocycles. The molecule has 22 heavy (non-hydrogen) atoms. The molecule has 0 aliphatic carbocycles. The van der Waals surface area contributed by atoms with E-state index < -0.39 is 6.36 Å². The summed E-state index contributed by atoms with van der Waals surface area (Å²) in [4.78, 5) is 14.3. The topological polar surface area (TPSA) is 41.6 Å². The maximum absolute atomic E-state index is 12.1. The van der Waals surface area contributed by atoms with Gasteiger partial charge in [0.25, 0.3) is 5.91 Å². The van der Waals surface area contributed by atoms with E-state index in [0.717, 1.165) is 38.1 Å². The quantitative estimate of drug-likeness (QED) is 0.908. The molecule has 1 aromatic rings. The number of alkyl halides is 3. The average Bonchev–Trinajstić information content (AvgIpc) is 2.91. The summed E-state index contributed by atoms with van der Waals surface area (Å²) in [7, 11) is 0. The largest absolute Gasteiger partial charge is 0.573 e. The van der Waals surface area contributed by atoms with Crippen molar-refractivity contribution in [2.75, 3.05) is 19.6 Å². The van der Waals surface area contributed by atoms with Crippen molar-refractivity contribution < 1.29 is 22.7 Å². The van der Waals surface area contributed by atoms with Crippen molar-refractivity contribution >= 4 is 5.91 Å². The number of rotatable bonds is 5. The molecule has 1 aliphatic heterocycles. The Morgan fingerprint density at radius 3 is 2.64 bits per heavy atom. The fraction of sp³-hybridized carbons (Fsp3) is 0.533. The number of likely N-dealkylation sites (tertiary alicyclic amines) is 1. The fourth-order valence-electron chi connectivity index (χ4n) is 2.66. The summed E-state index contributed by atoms with van der Waals surface area (Å²) in [6, 6.07) is 5.25. The van der Waals surface area contributed by atoms with Gasteiger partial charge in [-0.15, -0.1) is 13.2 Å². The van der Waals surface area contributed by atoms with Crippen LogP contribution in [0.3, 0.4) is 0 Å². The first kappa shape index (κ1) is 16.6. The molecule has 1 fully saturated rings. The average molecular weight is 316 g/mol. The monoisotopic (exact) mass is 316 g/mol. The third-order valence-electron chi connectivity index (χ3n) is 3.75. The number of nitrogens with zero attached hydrogens (tertiary/aromatic N) is 1. The van der Waals surface area contributed by atoms with Crippen molar-refractivity contribution in [3.8, 4) is 5.75 Å². The first-order chi connectivity index (χ1) is 10.4. The van der Waals surface area contributed by atoms with Crippen LogP contribution in [0, 0.1) is 0 Å². The first-order valence-electron chi connectivity index (χ1n) is 7.27. The lowest BCUT2D eigenvalue weighted by molar-refractivity contribution is -0.274. The highest BCUT2D eigenvalue weighted by molar-refractivity contribution is 5.94. The lowest BCUT2D eigenvalue weighted by Crippen LogP contribution is -2.40. The predicted molar refractivity (Wildman–Crippen MR) is 75.7 cm³/mol. The number of ether oxygens (including phenoxy) is 1. The van der Waals surface area contributed by atoms with Crippen molar-refractivity contribution in [1.29, 1.82) is 0 Å². The van der Waals surface area contributed by atoms with E-state index >= 15 is 0 Å². The van der Waals surface area contributed by atoms with E-state index in [1.165, 1.54) is 12.1 Å². The second-order valence-electron chi connectivity index (χ2n) is 5.21. The molecule has 1 aliphatic rings. The zero-order valence-electron chi connectivity index (χ0n) is 12.3. The lowest BCUT2D eigenvalue weighted by atomic mass is 10.2. The molecule has 1 unspecified atom stereocenters. The van der Waals surface area contributed by atoms with Crippen molar-refractivity contribution in [2.24, 2.45) is 0 Å². The molecule has 1 heterocycles. The fourth-order valence-corrected chi connectivity index (χ4v) is 2.66. The Hall–Kier alpha value is -1.76. The van der Waals surface area contributed by atoms with Crippen molar-refractivity contribution in [3.05, 3.63) is 29.8 Å². The van der Waals surface area contributed by atoms with Crippen molar-refractivity contribution in [3.63, 3.8) is 0 Å². The Morgan fingerprint density at radius 1 is 1.36 bits per heavy atom.